The SMILES string of the molecule is COC(C)(C)CCCCCC(CO)CCCCCC(C)(C)C(=O)O. The maximum absolute atomic E-state index is 11.1. The van der Waals surface area contributed by atoms with Gasteiger partial charge in [-0.1, -0.05) is 38.5 Å². The summed E-state index contributed by atoms with van der Waals surface area (Å²) in [4.78, 5) is 11.1. The normalized spacial score (nSPS) is 13.9. The predicted octanol–water partition coefficient (Wildman–Crippen LogP) is 5.03. The molecule has 0 fully saturated rings. The van der Waals surface area contributed by atoms with Crippen molar-refractivity contribution in [3.8, 4) is 0 Å². The summed E-state index contributed by atoms with van der Waals surface area (Å²) in [5, 5.41) is 18.6. The van der Waals surface area contributed by atoms with Gasteiger partial charge in [-0.15, -0.1) is 0 Å². The molecule has 0 aliphatic rings. The van der Waals surface area contributed by atoms with Crippen LogP contribution < -0.4 is 0 Å². The minimum atomic E-state index is -0.715. The van der Waals surface area contributed by atoms with E-state index in [2.05, 4.69) is 13.8 Å². The summed E-state index contributed by atoms with van der Waals surface area (Å²) in [5.41, 5.74) is -0.646. The molecule has 0 aliphatic carbocycles. The molecule has 4 heteroatoms. The van der Waals surface area contributed by atoms with E-state index in [1.807, 2.05) is 0 Å². The molecule has 0 aromatic heterocycles. The highest BCUT2D eigenvalue weighted by atomic mass is 16.5. The first-order valence-corrected chi connectivity index (χ1v) is 9.54. The number of carboxylic acid groups (broad SMARTS) is 1. The third-order valence-corrected chi connectivity index (χ3v) is 5.20. The van der Waals surface area contributed by atoms with Crippen LogP contribution in [0.3, 0.4) is 0 Å². The number of aliphatic hydroxyl groups excluding tert-OH is 1. The lowest BCUT2D eigenvalue weighted by molar-refractivity contribution is -0.147. The lowest BCUT2D eigenvalue weighted by Crippen LogP contribution is -2.23. The molecule has 0 amide bonds. The number of unbranched alkanes of at least 4 members (excludes halogenated alkanes) is 4. The van der Waals surface area contributed by atoms with Crippen LogP contribution in [-0.4, -0.2) is 35.5 Å². The first kappa shape index (κ1) is 23.4. The molecule has 0 heterocycles. The van der Waals surface area contributed by atoms with Crippen molar-refractivity contribution >= 4 is 5.97 Å². The van der Waals surface area contributed by atoms with Gasteiger partial charge >= 0.3 is 5.97 Å². The molecule has 1 atom stereocenters. The maximum Gasteiger partial charge on any atom is 0.309 e. The van der Waals surface area contributed by atoms with Crippen molar-refractivity contribution in [2.24, 2.45) is 11.3 Å². The minimum Gasteiger partial charge on any atom is -0.481 e. The summed E-state index contributed by atoms with van der Waals surface area (Å²) in [6.45, 7) is 8.09. The monoisotopic (exact) mass is 344 g/mol. The molecule has 1 unspecified atom stereocenters. The number of carbonyl (C=O) groups is 1. The van der Waals surface area contributed by atoms with Crippen molar-refractivity contribution in [3.05, 3.63) is 0 Å². The zero-order chi connectivity index (χ0) is 18.6. The van der Waals surface area contributed by atoms with Gasteiger partial charge in [-0.05, 0) is 59.3 Å². The summed E-state index contributed by atoms with van der Waals surface area (Å²) < 4.78 is 5.42. The molecule has 4 nitrogen and oxygen atoms in total. The number of aliphatic carboxylic acids is 1. The van der Waals surface area contributed by atoms with Crippen molar-refractivity contribution in [2.45, 2.75) is 97.5 Å². The van der Waals surface area contributed by atoms with E-state index in [9.17, 15) is 9.90 Å². The average molecular weight is 345 g/mol. The van der Waals surface area contributed by atoms with Crippen LogP contribution in [-0.2, 0) is 9.53 Å². The largest absolute Gasteiger partial charge is 0.481 e. The number of methoxy groups -OCH3 is 1. The molecular formula is C20H40O4. The van der Waals surface area contributed by atoms with E-state index < -0.39 is 11.4 Å². The van der Waals surface area contributed by atoms with Crippen molar-refractivity contribution < 1.29 is 19.7 Å². The fraction of sp³-hybridized carbons (Fsp3) is 0.950. The van der Waals surface area contributed by atoms with Gasteiger partial charge in [0.2, 0.25) is 0 Å². The topological polar surface area (TPSA) is 66.8 Å². The van der Waals surface area contributed by atoms with Gasteiger partial charge in [-0.25, -0.2) is 0 Å². The molecule has 0 aromatic rings. The quantitative estimate of drug-likeness (QED) is 0.409. The van der Waals surface area contributed by atoms with Crippen LogP contribution in [0.5, 0.6) is 0 Å². The summed E-state index contributed by atoms with van der Waals surface area (Å²) in [5.74, 6) is -0.319. The highest BCUT2D eigenvalue weighted by molar-refractivity contribution is 5.73. The fourth-order valence-electron chi connectivity index (χ4n) is 2.87. The second-order valence-corrected chi connectivity index (χ2v) is 8.40. The summed E-state index contributed by atoms with van der Waals surface area (Å²) in [6.07, 6.45) is 10.5. The molecule has 0 bridgehead atoms. The Hall–Kier alpha value is -0.610. The molecule has 0 spiro atoms. The Bertz CT molecular complexity index is 337. The van der Waals surface area contributed by atoms with E-state index in [1.165, 1.54) is 12.8 Å². The molecule has 2 N–H and O–H groups in total. The summed E-state index contributed by atoms with van der Waals surface area (Å²) >= 11 is 0. The Balaban J connectivity index is 3.72. The van der Waals surface area contributed by atoms with E-state index in [1.54, 1.807) is 21.0 Å². The molecule has 0 saturated heterocycles. The number of carboxylic acids is 1. The summed E-state index contributed by atoms with van der Waals surface area (Å²) in [7, 11) is 1.76. The maximum atomic E-state index is 11.1. The predicted molar refractivity (Wildman–Crippen MR) is 99.3 cm³/mol. The van der Waals surface area contributed by atoms with Crippen LogP contribution in [0.2, 0.25) is 0 Å². The van der Waals surface area contributed by atoms with Gasteiger partial charge < -0.3 is 14.9 Å². The van der Waals surface area contributed by atoms with Crippen LogP contribution in [0.4, 0.5) is 0 Å². The van der Waals surface area contributed by atoms with Crippen molar-refractivity contribution in [3.63, 3.8) is 0 Å². The Morgan fingerprint density at radius 3 is 1.83 bits per heavy atom. The van der Waals surface area contributed by atoms with Gasteiger partial charge in [0.05, 0.1) is 11.0 Å². The van der Waals surface area contributed by atoms with E-state index in [0.717, 1.165) is 51.4 Å². The van der Waals surface area contributed by atoms with Crippen LogP contribution in [0.1, 0.15) is 91.9 Å². The molecule has 0 aromatic carbocycles. The number of ether oxygens (including phenoxy) is 1. The van der Waals surface area contributed by atoms with Crippen LogP contribution in [0.25, 0.3) is 0 Å². The van der Waals surface area contributed by atoms with Gasteiger partial charge in [0.25, 0.3) is 0 Å². The second kappa shape index (κ2) is 11.9. The molecular weight excluding hydrogens is 304 g/mol. The number of aliphatic hydroxyl groups is 1. The second-order valence-electron chi connectivity index (χ2n) is 8.40. The molecule has 0 saturated carbocycles. The lowest BCUT2D eigenvalue weighted by atomic mass is 9.86. The van der Waals surface area contributed by atoms with Crippen molar-refractivity contribution in [1.82, 2.24) is 0 Å². The van der Waals surface area contributed by atoms with Gasteiger partial charge in [0.1, 0.15) is 0 Å². The van der Waals surface area contributed by atoms with E-state index in [-0.39, 0.29) is 12.2 Å². The van der Waals surface area contributed by atoms with Crippen LogP contribution in [0, 0.1) is 11.3 Å². The number of hydrogen-bond donors (Lipinski definition) is 2. The van der Waals surface area contributed by atoms with Gasteiger partial charge in [0, 0.05) is 13.7 Å². The van der Waals surface area contributed by atoms with E-state index in [0.29, 0.717) is 5.92 Å². The number of hydrogen-bond acceptors (Lipinski definition) is 3. The average Bonchev–Trinajstić information content (AvgIpc) is 2.51. The molecule has 24 heavy (non-hydrogen) atoms. The highest BCUT2D eigenvalue weighted by Crippen LogP contribution is 2.25. The zero-order valence-corrected chi connectivity index (χ0v) is 16.6. The lowest BCUT2D eigenvalue weighted by Gasteiger charge is -2.22. The molecule has 0 rings (SSSR count). The number of rotatable bonds is 15. The molecule has 144 valence electrons. The Labute approximate surface area is 149 Å². The van der Waals surface area contributed by atoms with Crippen molar-refractivity contribution in [1.29, 1.82) is 0 Å². The van der Waals surface area contributed by atoms with E-state index in [4.69, 9.17) is 9.84 Å². The fourth-order valence-corrected chi connectivity index (χ4v) is 2.87. The van der Waals surface area contributed by atoms with E-state index >= 15 is 0 Å². The van der Waals surface area contributed by atoms with Crippen LogP contribution >= 0.6 is 0 Å². The third-order valence-electron chi connectivity index (χ3n) is 5.20. The Morgan fingerprint density at radius 2 is 1.42 bits per heavy atom. The summed E-state index contributed by atoms with van der Waals surface area (Å²) in [6, 6.07) is 0. The molecule has 0 aliphatic heterocycles. The van der Waals surface area contributed by atoms with Gasteiger partial charge in [-0.2, -0.15) is 0 Å². The molecule has 0 radical (unpaired) electrons. The van der Waals surface area contributed by atoms with Gasteiger partial charge in [-0.3, -0.25) is 4.79 Å². The Morgan fingerprint density at radius 1 is 0.917 bits per heavy atom. The minimum absolute atomic E-state index is 0.0277. The van der Waals surface area contributed by atoms with Gasteiger partial charge in [0.15, 0.2) is 0 Å². The first-order chi connectivity index (χ1) is 11.1. The first-order valence-electron chi connectivity index (χ1n) is 9.54. The Kier molecular flexibility index (Phi) is 11.6. The van der Waals surface area contributed by atoms with Crippen molar-refractivity contribution in [2.75, 3.05) is 13.7 Å². The van der Waals surface area contributed by atoms with Crippen LogP contribution in [0.15, 0.2) is 0 Å². The highest BCUT2D eigenvalue weighted by Gasteiger charge is 2.26. The third kappa shape index (κ3) is 11.0. The smallest absolute Gasteiger partial charge is 0.309 e. The standard InChI is InChI=1S/C20H40O4/c1-19(2,18(22)23)14-10-6-8-12-17(16-21)13-9-7-11-15-20(3,4)24-5/h17,21H,6-16H2,1-5H3,(H,22,23). The zero-order valence-electron chi connectivity index (χ0n) is 16.6.